The number of para-hydroxylation sites is 3. The van der Waals surface area contributed by atoms with Crippen LogP contribution in [0.1, 0.15) is 5.56 Å². The molecule has 0 aliphatic rings. The number of hydrogen-bond acceptors (Lipinski definition) is 2. The molecule has 0 radical (unpaired) electrons. The Morgan fingerprint density at radius 3 is 1.79 bits per heavy atom. The van der Waals surface area contributed by atoms with Crippen molar-refractivity contribution in [2.24, 2.45) is 0 Å². The van der Waals surface area contributed by atoms with E-state index in [2.05, 4.69) is 173 Å². The fourth-order valence-corrected chi connectivity index (χ4v) is 7.59. The molecule has 0 atom stereocenters. The molecular weight excluding hydrogens is 585 g/mol. The molecule has 226 valence electrons. The van der Waals surface area contributed by atoms with Crippen molar-refractivity contribution >= 4 is 76.7 Å². The molecule has 0 saturated heterocycles. The van der Waals surface area contributed by atoms with Gasteiger partial charge < -0.3 is 13.9 Å². The SMILES string of the molecule is c1ccc2cc(N(Cc3cc4ccccc4c4c3oc3ccccc34)c3ccc(-n4c5ccccc5c5ccccc54)cc3)ccc2c1. The lowest BCUT2D eigenvalue weighted by atomic mass is 9.99. The summed E-state index contributed by atoms with van der Waals surface area (Å²) >= 11 is 0. The van der Waals surface area contributed by atoms with E-state index in [-0.39, 0.29) is 0 Å². The summed E-state index contributed by atoms with van der Waals surface area (Å²) in [5.74, 6) is 0. The van der Waals surface area contributed by atoms with E-state index >= 15 is 0 Å². The zero-order chi connectivity index (χ0) is 31.6. The summed E-state index contributed by atoms with van der Waals surface area (Å²) in [4.78, 5) is 2.42. The predicted molar refractivity (Wildman–Crippen MR) is 202 cm³/mol. The van der Waals surface area contributed by atoms with Gasteiger partial charge in [0.05, 0.1) is 17.6 Å². The molecule has 48 heavy (non-hydrogen) atoms. The molecule has 0 unspecified atom stereocenters. The number of rotatable bonds is 5. The van der Waals surface area contributed by atoms with Crippen molar-refractivity contribution in [1.29, 1.82) is 0 Å². The number of hydrogen-bond donors (Lipinski definition) is 0. The summed E-state index contributed by atoms with van der Waals surface area (Å²) in [5, 5.41) is 9.74. The molecule has 0 saturated carbocycles. The minimum Gasteiger partial charge on any atom is -0.456 e. The minimum atomic E-state index is 0.647. The third-order valence-electron chi connectivity index (χ3n) is 9.82. The number of furan rings is 1. The standard InChI is InChI=1S/C45H30N2O/c1-2-12-31-28-36(22-21-30(31)11-1)46(29-33-27-32-13-3-4-14-37(32)44-40-17-7-10-20-43(40)48-45(33)44)34-23-25-35(26-24-34)47-41-18-8-5-15-38(41)39-16-6-9-19-42(39)47/h1-28H,29H2. The van der Waals surface area contributed by atoms with E-state index in [4.69, 9.17) is 4.42 Å². The summed E-state index contributed by atoms with van der Waals surface area (Å²) < 4.78 is 9.03. The zero-order valence-corrected chi connectivity index (χ0v) is 26.2. The highest BCUT2D eigenvalue weighted by molar-refractivity contribution is 6.19. The third-order valence-corrected chi connectivity index (χ3v) is 9.82. The molecule has 0 spiro atoms. The van der Waals surface area contributed by atoms with Crippen molar-refractivity contribution in [1.82, 2.24) is 4.57 Å². The molecule has 10 rings (SSSR count). The molecule has 10 aromatic rings. The van der Waals surface area contributed by atoms with Crippen molar-refractivity contribution in [2.45, 2.75) is 6.54 Å². The van der Waals surface area contributed by atoms with Crippen molar-refractivity contribution in [3.8, 4) is 5.69 Å². The number of nitrogens with zero attached hydrogens (tertiary/aromatic N) is 2. The largest absolute Gasteiger partial charge is 0.456 e. The molecule has 0 aliphatic heterocycles. The lowest BCUT2D eigenvalue weighted by molar-refractivity contribution is 0.662. The van der Waals surface area contributed by atoms with Gasteiger partial charge in [0.15, 0.2) is 0 Å². The fourth-order valence-electron chi connectivity index (χ4n) is 7.59. The van der Waals surface area contributed by atoms with Crippen LogP contribution in [0.5, 0.6) is 0 Å². The molecule has 0 aliphatic carbocycles. The molecule has 0 amide bonds. The average Bonchev–Trinajstić information content (AvgIpc) is 3.71. The van der Waals surface area contributed by atoms with E-state index < -0.39 is 0 Å². The van der Waals surface area contributed by atoms with Crippen molar-refractivity contribution < 1.29 is 4.42 Å². The third kappa shape index (κ3) is 4.14. The van der Waals surface area contributed by atoms with Crippen LogP contribution in [0.15, 0.2) is 174 Å². The zero-order valence-electron chi connectivity index (χ0n) is 26.2. The van der Waals surface area contributed by atoms with Gasteiger partial charge in [-0.05, 0) is 82.2 Å². The fraction of sp³-hybridized carbons (Fsp3) is 0.0222. The van der Waals surface area contributed by atoms with E-state index in [0.717, 1.165) is 39.2 Å². The molecule has 0 bridgehead atoms. The Bertz CT molecular complexity index is 2770. The molecule has 0 fully saturated rings. The van der Waals surface area contributed by atoms with Gasteiger partial charge >= 0.3 is 0 Å². The Morgan fingerprint density at radius 2 is 1.04 bits per heavy atom. The Labute approximate surface area is 277 Å². The van der Waals surface area contributed by atoms with Crippen LogP contribution < -0.4 is 4.90 Å². The van der Waals surface area contributed by atoms with Gasteiger partial charge in [0.25, 0.3) is 0 Å². The summed E-state index contributed by atoms with van der Waals surface area (Å²) in [5.41, 5.74) is 8.82. The first kappa shape index (κ1) is 26.9. The summed E-state index contributed by atoms with van der Waals surface area (Å²) in [6.45, 7) is 0.647. The van der Waals surface area contributed by atoms with Crippen molar-refractivity contribution in [3.63, 3.8) is 0 Å². The van der Waals surface area contributed by atoms with Gasteiger partial charge in [0, 0.05) is 44.2 Å². The van der Waals surface area contributed by atoms with Crippen molar-refractivity contribution in [3.05, 3.63) is 175 Å². The summed E-state index contributed by atoms with van der Waals surface area (Å²) in [6.07, 6.45) is 0. The smallest absolute Gasteiger partial charge is 0.141 e. The molecule has 8 aromatic carbocycles. The first-order valence-electron chi connectivity index (χ1n) is 16.5. The van der Waals surface area contributed by atoms with Gasteiger partial charge in [0.1, 0.15) is 11.2 Å². The highest BCUT2D eigenvalue weighted by atomic mass is 16.3. The maximum Gasteiger partial charge on any atom is 0.141 e. The lowest BCUT2D eigenvalue weighted by Crippen LogP contribution is -2.16. The van der Waals surface area contributed by atoms with Crippen LogP contribution in [0, 0.1) is 0 Å². The van der Waals surface area contributed by atoms with Gasteiger partial charge in [-0.3, -0.25) is 0 Å². The van der Waals surface area contributed by atoms with Crippen LogP contribution in [0.25, 0.3) is 71.0 Å². The highest BCUT2D eigenvalue weighted by Crippen LogP contribution is 2.40. The van der Waals surface area contributed by atoms with E-state index in [9.17, 15) is 0 Å². The van der Waals surface area contributed by atoms with Crippen LogP contribution >= 0.6 is 0 Å². The van der Waals surface area contributed by atoms with Crippen LogP contribution in [0.4, 0.5) is 11.4 Å². The number of aromatic nitrogens is 1. The van der Waals surface area contributed by atoms with Crippen LogP contribution in [-0.2, 0) is 6.54 Å². The lowest BCUT2D eigenvalue weighted by Gasteiger charge is -2.26. The van der Waals surface area contributed by atoms with E-state index in [0.29, 0.717) is 6.54 Å². The Balaban J connectivity index is 1.16. The second-order valence-electron chi connectivity index (χ2n) is 12.6. The van der Waals surface area contributed by atoms with Gasteiger partial charge in [-0.15, -0.1) is 0 Å². The maximum absolute atomic E-state index is 6.65. The van der Waals surface area contributed by atoms with Gasteiger partial charge in [0.2, 0.25) is 0 Å². The van der Waals surface area contributed by atoms with Gasteiger partial charge in [-0.1, -0.05) is 109 Å². The topological polar surface area (TPSA) is 21.3 Å². The minimum absolute atomic E-state index is 0.647. The molecule has 2 aromatic heterocycles. The molecule has 3 nitrogen and oxygen atoms in total. The number of anilines is 2. The molecular formula is C45H30N2O. The van der Waals surface area contributed by atoms with E-state index in [1.165, 1.54) is 48.7 Å². The quantitative estimate of drug-likeness (QED) is 0.192. The Kier molecular flexibility index (Phi) is 5.94. The van der Waals surface area contributed by atoms with E-state index in [1.54, 1.807) is 0 Å². The normalized spacial score (nSPS) is 11.8. The molecule has 2 heterocycles. The molecule has 0 N–H and O–H groups in total. The van der Waals surface area contributed by atoms with Crippen LogP contribution in [0.2, 0.25) is 0 Å². The Morgan fingerprint density at radius 1 is 0.458 bits per heavy atom. The van der Waals surface area contributed by atoms with Gasteiger partial charge in [-0.25, -0.2) is 0 Å². The van der Waals surface area contributed by atoms with Crippen molar-refractivity contribution in [2.75, 3.05) is 4.90 Å². The van der Waals surface area contributed by atoms with Crippen LogP contribution in [0.3, 0.4) is 0 Å². The summed E-state index contributed by atoms with van der Waals surface area (Å²) in [6, 6.07) is 61.0. The Hall–Kier alpha value is -6.32. The summed E-state index contributed by atoms with van der Waals surface area (Å²) in [7, 11) is 0. The second kappa shape index (κ2) is 10.6. The number of benzene rings is 8. The first-order valence-corrected chi connectivity index (χ1v) is 16.5. The monoisotopic (exact) mass is 614 g/mol. The maximum atomic E-state index is 6.65. The first-order chi connectivity index (χ1) is 23.8. The van der Waals surface area contributed by atoms with Crippen LogP contribution in [-0.4, -0.2) is 4.57 Å². The van der Waals surface area contributed by atoms with Gasteiger partial charge in [-0.2, -0.15) is 0 Å². The van der Waals surface area contributed by atoms with E-state index in [1.807, 2.05) is 6.07 Å². The molecule has 3 heteroatoms. The predicted octanol–water partition coefficient (Wildman–Crippen LogP) is 12.3. The highest BCUT2D eigenvalue weighted by Gasteiger charge is 2.19. The second-order valence-corrected chi connectivity index (χ2v) is 12.6. The number of fused-ring (bicyclic) bond motifs is 9. The average molecular weight is 615 g/mol.